The molecule has 0 atom stereocenters. The molecule has 1 heterocycles. The van der Waals surface area contributed by atoms with Crippen LogP contribution in [0.2, 0.25) is 0 Å². The van der Waals surface area contributed by atoms with Crippen LogP contribution in [-0.2, 0) is 4.74 Å². The van der Waals surface area contributed by atoms with E-state index in [4.69, 9.17) is 4.74 Å². The average Bonchev–Trinajstić information content (AvgIpc) is 2.30. The van der Waals surface area contributed by atoms with Crippen LogP contribution in [0.15, 0.2) is 4.34 Å². The van der Waals surface area contributed by atoms with Gasteiger partial charge in [0.25, 0.3) is 0 Å². The number of nitrogens with one attached hydrogen (secondary N) is 1. The summed E-state index contributed by atoms with van der Waals surface area (Å²) < 4.78 is 5.51. The van der Waals surface area contributed by atoms with E-state index in [9.17, 15) is 4.79 Å². The molecule has 1 aromatic heterocycles. The molecular weight excluding hydrogens is 222 g/mol. The van der Waals surface area contributed by atoms with Gasteiger partial charge in [0.2, 0.25) is 5.13 Å². The summed E-state index contributed by atoms with van der Waals surface area (Å²) in [5.41, 5.74) is -0.515. The van der Waals surface area contributed by atoms with Crippen molar-refractivity contribution < 1.29 is 9.53 Å². The molecule has 1 aromatic rings. The van der Waals surface area contributed by atoms with Gasteiger partial charge in [-0.3, -0.25) is 5.32 Å². The molecule has 7 heteroatoms. The van der Waals surface area contributed by atoms with Crippen molar-refractivity contribution in [1.29, 1.82) is 0 Å². The van der Waals surface area contributed by atoms with Gasteiger partial charge in [-0.15, -0.1) is 22.8 Å². The summed E-state index contributed by atoms with van der Waals surface area (Å²) in [6, 6.07) is 0. The lowest BCUT2D eigenvalue weighted by Gasteiger charge is -2.18. The van der Waals surface area contributed by atoms with Crippen molar-refractivity contribution in [2.45, 2.75) is 30.7 Å². The average molecular weight is 233 g/mol. The Morgan fingerprint density at radius 2 is 2.14 bits per heavy atom. The second-order valence-electron chi connectivity index (χ2n) is 3.52. The highest BCUT2D eigenvalue weighted by atomic mass is 32.2. The molecule has 0 aliphatic heterocycles. The molecule has 0 aliphatic rings. The fraction of sp³-hybridized carbons (Fsp3) is 0.571. The van der Waals surface area contributed by atoms with Gasteiger partial charge in [-0.1, -0.05) is 11.3 Å². The Morgan fingerprint density at radius 3 is 2.57 bits per heavy atom. The number of carbonyl (C=O) groups is 1. The van der Waals surface area contributed by atoms with Crippen molar-refractivity contribution in [3.63, 3.8) is 0 Å². The highest BCUT2D eigenvalue weighted by Crippen LogP contribution is 2.18. The van der Waals surface area contributed by atoms with Crippen molar-refractivity contribution in [2.75, 3.05) is 5.32 Å². The maximum Gasteiger partial charge on any atom is 0.414 e. The number of aromatic nitrogens is 2. The highest BCUT2D eigenvalue weighted by Gasteiger charge is 2.17. The van der Waals surface area contributed by atoms with Crippen LogP contribution in [0, 0.1) is 0 Å². The molecule has 0 aromatic carbocycles. The molecule has 0 saturated carbocycles. The molecule has 78 valence electrons. The second-order valence-corrected chi connectivity index (χ2v) is 5.22. The van der Waals surface area contributed by atoms with Crippen molar-refractivity contribution in [3.05, 3.63) is 0 Å². The third-order valence-electron chi connectivity index (χ3n) is 1.02. The molecular formula is C7H11N3O2S2. The third-order valence-corrected chi connectivity index (χ3v) is 2.03. The van der Waals surface area contributed by atoms with E-state index >= 15 is 0 Å². The first-order valence-electron chi connectivity index (χ1n) is 3.89. The number of anilines is 1. The summed E-state index contributed by atoms with van der Waals surface area (Å²) in [6.07, 6.45) is -0.540. The minimum absolute atomic E-state index is 0.379. The zero-order valence-corrected chi connectivity index (χ0v) is 9.78. The van der Waals surface area contributed by atoms with Gasteiger partial charge < -0.3 is 4.74 Å². The smallest absolute Gasteiger partial charge is 0.414 e. The number of rotatable bonds is 1. The number of hydrogen-bond acceptors (Lipinski definition) is 6. The number of ether oxygens (including phenoxy) is 1. The number of carbonyl (C=O) groups excluding carboxylic acids is 1. The lowest BCUT2D eigenvalue weighted by molar-refractivity contribution is 0.0636. The quantitative estimate of drug-likeness (QED) is 0.576. The van der Waals surface area contributed by atoms with E-state index in [0.29, 0.717) is 9.47 Å². The first kappa shape index (κ1) is 11.3. The van der Waals surface area contributed by atoms with Crippen molar-refractivity contribution >= 4 is 35.2 Å². The fourth-order valence-electron chi connectivity index (χ4n) is 0.657. The Labute approximate surface area is 91.3 Å². The Morgan fingerprint density at radius 1 is 1.50 bits per heavy atom. The molecule has 0 aliphatic carbocycles. The molecule has 1 amide bonds. The monoisotopic (exact) mass is 233 g/mol. The predicted molar refractivity (Wildman–Crippen MR) is 57.0 cm³/mol. The van der Waals surface area contributed by atoms with Crippen LogP contribution in [0.25, 0.3) is 0 Å². The zero-order chi connectivity index (χ0) is 10.8. The first-order chi connectivity index (χ1) is 6.37. The Balaban J connectivity index is 2.50. The van der Waals surface area contributed by atoms with Crippen LogP contribution >= 0.6 is 24.0 Å². The van der Waals surface area contributed by atoms with Crippen LogP contribution in [0.3, 0.4) is 0 Å². The van der Waals surface area contributed by atoms with E-state index in [1.54, 1.807) is 20.8 Å². The van der Waals surface area contributed by atoms with Gasteiger partial charge in [0, 0.05) is 0 Å². The SMILES string of the molecule is CC(C)(C)OC(=O)Nc1nnc(S)s1. The highest BCUT2D eigenvalue weighted by molar-refractivity contribution is 7.82. The summed E-state index contributed by atoms with van der Waals surface area (Å²) in [5, 5.41) is 10.1. The van der Waals surface area contributed by atoms with E-state index in [0.717, 1.165) is 0 Å². The van der Waals surface area contributed by atoms with Crippen LogP contribution in [0.4, 0.5) is 9.93 Å². The Kier molecular flexibility index (Phi) is 3.33. The van der Waals surface area contributed by atoms with E-state index in [-0.39, 0.29) is 0 Å². The minimum atomic E-state index is -0.540. The molecule has 1 rings (SSSR count). The summed E-state index contributed by atoms with van der Waals surface area (Å²) in [5.74, 6) is 0. The summed E-state index contributed by atoms with van der Waals surface area (Å²) in [6.45, 7) is 5.37. The lowest BCUT2D eigenvalue weighted by Crippen LogP contribution is -2.27. The number of thiol groups is 1. The molecule has 0 fully saturated rings. The van der Waals surface area contributed by atoms with Gasteiger partial charge in [0.1, 0.15) is 5.60 Å². The van der Waals surface area contributed by atoms with Crippen molar-refractivity contribution in [2.24, 2.45) is 0 Å². The zero-order valence-electron chi connectivity index (χ0n) is 8.07. The second kappa shape index (κ2) is 4.14. The molecule has 1 N–H and O–H groups in total. The van der Waals surface area contributed by atoms with Gasteiger partial charge in [-0.25, -0.2) is 4.79 Å². The van der Waals surface area contributed by atoms with E-state index in [2.05, 4.69) is 28.1 Å². The lowest BCUT2D eigenvalue weighted by atomic mass is 10.2. The van der Waals surface area contributed by atoms with Crippen LogP contribution in [0.5, 0.6) is 0 Å². The number of nitrogens with zero attached hydrogens (tertiary/aromatic N) is 2. The molecule has 0 spiro atoms. The first-order valence-corrected chi connectivity index (χ1v) is 5.16. The van der Waals surface area contributed by atoms with Gasteiger partial charge in [0.15, 0.2) is 4.34 Å². The van der Waals surface area contributed by atoms with E-state index in [1.807, 2.05) is 0 Å². The van der Waals surface area contributed by atoms with Crippen LogP contribution in [-0.4, -0.2) is 21.9 Å². The van der Waals surface area contributed by atoms with Gasteiger partial charge in [0.05, 0.1) is 0 Å². The predicted octanol–water partition coefficient (Wildman–Crippen LogP) is 2.17. The maximum absolute atomic E-state index is 11.2. The van der Waals surface area contributed by atoms with E-state index < -0.39 is 11.7 Å². The standard InChI is InChI=1S/C7H11N3O2S2/c1-7(2,3)12-5(11)8-4-9-10-6(13)14-4/h1-3H3,(H,10,13)(H,8,9,11). The van der Waals surface area contributed by atoms with Gasteiger partial charge in [-0.05, 0) is 20.8 Å². The van der Waals surface area contributed by atoms with E-state index in [1.165, 1.54) is 11.3 Å². The van der Waals surface area contributed by atoms with Gasteiger partial charge in [-0.2, -0.15) is 0 Å². The fourth-order valence-corrected chi connectivity index (χ4v) is 1.43. The minimum Gasteiger partial charge on any atom is -0.444 e. The number of amides is 1. The normalized spacial score (nSPS) is 11.1. The van der Waals surface area contributed by atoms with Crippen LogP contribution < -0.4 is 5.32 Å². The molecule has 0 bridgehead atoms. The van der Waals surface area contributed by atoms with Crippen molar-refractivity contribution in [3.8, 4) is 0 Å². The number of hydrogen-bond donors (Lipinski definition) is 2. The molecule has 0 saturated heterocycles. The Hall–Kier alpha value is -0.820. The summed E-state index contributed by atoms with van der Waals surface area (Å²) in [7, 11) is 0. The summed E-state index contributed by atoms with van der Waals surface area (Å²) in [4.78, 5) is 11.2. The molecule has 14 heavy (non-hydrogen) atoms. The van der Waals surface area contributed by atoms with Crippen molar-refractivity contribution in [1.82, 2.24) is 10.2 Å². The molecule has 5 nitrogen and oxygen atoms in total. The Bertz CT molecular complexity index is 332. The molecule has 0 unspecified atom stereocenters. The third kappa shape index (κ3) is 3.93. The molecule has 0 radical (unpaired) electrons. The maximum atomic E-state index is 11.2. The largest absolute Gasteiger partial charge is 0.444 e. The topological polar surface area (TPSA) is 64.1 Å². The summed E-state index contributed by atoms with van der Waals surface area (Å²) >= 11 is 5.14. The van der Waals surface area contributed by atoms with Crippen LogP contribution in [0.1, 0.15) is 20.8 Å². The van der Waals surface area contributed by atoms with Gasteiger partial charge >= 0.3 is 6.09 Å².